The van der Waals surface area contributed by atoms with Crippen LogP contribution in [0.3, 0.4) is 0 Å². The molecule has 1 aromatic carbocycles. The summed E-state index contributed by atoms with van der Waals surface area (Å²) >= 11 is 0. The number of carbonyl (C=O) groups excluding carboxylic acids is 1. The summed E-state index contributed by atoms with van der Waals surface area (Å²) in [6.07, 6.45) is 0.545. The van der Waals surface area contributed by atoms with E-state index < -0.39 is 10.8 Å². The second-order valence-electron chi connectivity index (χ2n) is 5.55. The van der Waals surface area contributed by atoms with Gasteiger partial charge in [0.1, 0.15) is 5.56 Å². The first-order valence-corrected chi connectivity index (χ1v) is 6.41. The maximum absolute atomic E-state index is 12.1. The largest absolute Gasteiger partial charge is 0.396 e. The molecule has 0 aromatic heterocycles. The lowest BCUT2D eigenvalue weighted by Gasteiger charge is -2.23. The summed E-state index contributed by atoms with van der Waals surface area (Å²) in [6, 6.07) is 4.67. The van der Waals surface area contributed by atoms with Crippen molar-refractivity contribution in [2.75, 3.05) is 13.2 Å². The molecule has 0 bridgehead atoms. The minimum atomic E-state index is -0.539. The highest BCUT2D eigenvalue weighted by atomic mass is 16.6. The van der Waals surface area contributed by atoms with Gasteiger partial charge in [-0.2, -0.15) is 0 Å². The molecule has 6 heteroatoms. The van der Waals surface area contributed by atoms with Gasteiger partial charge in [-0.15, -0.1) is 0 Å². The zero-order chi connectivity index (χ0) is 15.3. The zero-order valence-electron chi connectivity index (χ0n) is 12.0. The van der Waals surface area contributed by atoms with Crippen molar-refractivity contribution in [2.24, 2.45) is 5.41 Å². The van der Waals surface area contributed by atoms with Crippen molar-refractivity contribution in [2.45, 2.75) is 27.2 Å². The van der Waals surface area contributed by atoms with Gasteiger partial charge in [0.05, 0.1) is 4.92 Å². The summed E-state index contributed by atoms with van der Waals surface area (Å²) in [6.45, 7) is 5.80. The summed E-state index contributed by atoms with van der Waals surface area (Å²) in [5, 5.41) is 22.7. The predicted octanol–water partition coefficient (Wildman–Crippen LogP) is 2.04. The first-order valence-electron chi connectivity index (χ1n) is 6.41. The van der Waals surface area contributed by atoms with Crippen LogP contribution in [-0.4, -0.2) is 29.1 Å². The van der Waals surface area contributed by atoms with Crippen LogP contribution in [0.1, 0.15) is 36.2 Å². The Balaban J connectivity index is 2.89. The number of aliphatic hydroxyl groups excluding tert-OH is 1. The number of nitrogens with zero attached hydrogens (tertiary/aromatic N) is 1. The molecule has 1 aromatic rings. The molecular formula is C14H20N2O4. The predicted molar refractivity (Wildman–Crippen MR) is 75.7 cm³/mol. The van der Waals surface area contributed by atoms with E-state index in [2.05, 4.69) is 5.32 Å². The molecule has 0 unspecified atom stereocenters. The van der Waals surface area contributed by atoms with Gasteiger partial charge in [-0.05, 0) is 24.8 Å². The van der Waals surface area contributed by atoms with E-state index in [4.69, 9.17) is 5.11 Å². The number of para-hydroxylation sites is 1. The molecule has 1 rings (SSSR count). The highest BCUT2D eigenvalue weighted by molar-refractivity contribution is 5.98. The number of nitro groups is 1. The average Bonchev–Trinajstić information content (AvgIpc) is 2.35. The number of hydrogen-bond acceptors (Lipinski definition) is 4. The van der Waals surface area contributed by atoms with E-state index in [0.717, 1.165) is 0 Å². The van der Waals surface area contributed by atoms with Crippen LogP contribution in [-0.2, 0) is 0 Å². The SMILES string of the molecule is Cc1cccc(C(=O)NCC(C)(C)CCO)c1[N+](=O)[O-]. The molecule has 20 heavy (non-hydrogen) atoms. The molecule has 0 radical (unpaired) electrons. The average molecular weight is 280 g/mol. The topological polar surface area (TPSA) is 92.5 Å². The smallest absolute Gasteiger partial charge is 0.285 e. The maximum atomic E-state index is 12.1. The fourth-order valence-corrected chi connectivity index (χ4v) is 1.89. The van der Waals surface area contributed by atoms with Crippen molar-refractivity contribution >= 4 is 11.6 Å². The second-order valence-corrected chi connectivity index (χ2v) is 5.55. The normalized spacial score (nSPS) is 11.2. The molecule has 0 aliphatic heterocycles. The van der Waals surface area contributed by atoms with Crippen molar-refractivity contribution in [3.05, 3.63) is 39.4 Å². The molecule has 0 aliphatic rings. The molecule has 2 N–H and O–H groups in total. The number of rotatable bonds is 6. The third kappa shape index (κ3) is 4.03. The molecule has 0 atom stereocenters. The van der Waals surface area contributed by atoms with Gasteiger partial charge in [0.2, 0.25) is 0 Å². The fourth-order valence-electron chi connectivity index (χ4n) is 1.89. The van der Waals surface area contributed by atoms with Gasteiger partial charge < -0.3 is 10.4 Å². The Morgan fingerprint density at radius 1 is 1.45 bits per heavy atom. The molecule has 0 saturated heterocycles. The van der Waals surface area contributed by atoms with E-state index in [9.17, 15) is 14.9 Å². The van der Waals surface area contributed by atoms with Crippen LogP contribution < -0.4 is 5.32 Å². The van der Waals surface area contributed by atoms with E-state index >= 15 is 0 Å². The molecule has 0 saturated carbocycles. The van der Waals surface area contributed by atoms with E-state index in [1.165, 1.54) is 6.07 Å². The first-order chi connectivity index (χ1) is 9.28. The Bertz CT molecular complexity index is 512. The Labute approximate surface area is 118 Å². The minimum Gasteiger partial charge on any atom is -0.396 e. The Morgan fingerprint density at radius 2 is 2.10 bits per heavy atom. The highest BCUT2D eigenvalue weighted by Gasteiger charge is 2.24. The molecule has 0 heterocycles. The van der Waals surface area contributed by atoms with Crippen LogP contribution in [0.15, 0.2) is 18.2 Å². The van der Waals surface area contributed by atoms with Crippen LogP contribution in [0.2, 0.25) is 0 Å². The third-order valence-electron chi connectivity index (χ3n) is 3.18. The van der Waals surface area contributed by atoms with E-state index in [0.29, 0.717) is 18.5 Å². The number of amides is 1. The van der Waals surface area contributed by atoms with Gasteiger partial charge in [-0.25, -0.2) is 0 Å². The Kier molecular flexibility index (Phi) is 5.21. The number of hydrogen-bond donors (Lipinski definition) is 2. The lowest BCUT2D eigenvalue weighted by molar-refractivity contribution is -0.385. The monoisotopic (exact) mass is 280 g/mol. The van der Waals surface area contributed by atoms with Crippen LogP contribution >= 0.6 is 0 Å². The van der Waals surface area contributed by atoms with Crippen LogP contribution in [0, 0.1) is 22.5 Å². The Hall–Kier alpha value is -1.95. The van der Waals surface area contributed by atoms with Gasteiger partial charge in [0.25, 0.3) is 11.6 Å². The molecule has 0 aliphatic carbocycles. The summed E-state index contributed by atoms with van der Waals surface area (Å²) in [5.41, 5.74) is 0.0975. The molecular weight excluding hydrogens is 260 g/mol. The van der Waals surface area contributed by atoms with Gasteiger partial charge in [-0.3, -0.25) is 14.9 Å². The van der Waals surface area contributed by atoms with Crippen LogP contribution in [0.4, 0.5) is 5.69 Å². The van der Waals surface area contributed by atoms with Gasteiger partial charge >= 0.3 is 0 Å². The number of benzene rings is 1. The number of nitrogens with one attached hydrogen (secondary N) is 1. The number of carbonyl (C=O) groups is 1. The van der Waals surface area contributed by atoms with Crippen LogP contribution in [0.25, 0.3) is 0 Å². The van der Waals surface area contributed by atoms with Gasteiger partial charge in [-0.1, -0.05) is 26.0 Å². The minimum absolute atomic E-state index is 0.0352. The highest BCUT2D eigenvalue weighted by Crippen LogP contribution is 2.23. The summed E-state index contributed by atoms with van der Waals surface area (Å²) in [7, 11) is 0. The third-order valence-corrected chi connectivity index (χ3v) is 3.18. The molecule has 1 amide bonds. The molecule has 110 valence electrons. The van der Waals surface area contributed by atoms with Crippen molar-refractivity contribution < 1.29 is 14.8 Å². The van der Waals surface area contributed by atoms with Crippen LogP contribution in [0.5, 0.6) is 0 Å². The van der Waals surface area contributed by atoms with Gasteiger partial charge in [0.15, 0.2) is 0 Å². The van der Waals surface area contributed by atoms with E-state index in [-0.39, 0.29) is 23.3 Å². The number of aryl methyl sites for hydroxylation is 1. The second kappa shape index (κ2) is 6.47. The lowest BCUT2D eigenvalue weighted by Crippen LogP contribution is -2.34. The number of aliphatic hydroxyl groups is 1. The lowest BCUT2D eigenvalue weighted by atomic mass is 9.89. The van der Waals surface area contributed by atoms with Gasteiger partial charge in [0, 0.05) is 18.7 Å². The van der Waals surface area contributed by atoms with Crippen molar-refractivity contribution in [1.29, 1.82) is 0 Å². The summed E-state index contributed by atoms with van der Waals surface area (Å²) in [5.74, 6) is -0.466. The van der Waals surface area contributed by atoms with Crippen molar-refractivity contribution in [1.82, 2.24) is 5.32 Å². The van der Waals surface area contributed by atoms with Crippen molar-refractivity contribution in [3.8, 4) is 0 Å². The Morgan fingerprint density at radius 3 is 2.65 bits per heavy atom. The first kappa shape index (κ1) is 16.1. The zero-order valence-corrected chi connectivity index (χ0v) is 12.0. The van der Waals surface area contributed by atoms with E-state index in [1.54, 1.807) is 19.1 Å². The maximum Gasteiger partial charge on any atom is 0.285 e. The molecule has 0 spiro atoms. The molecule has 0 fully saturated rings. The number of nitro benzene ring substituents is 1. The molecule has 6 nitrogen and oxygen atoms in total. The summed E-state index contributed by atoms with van der Waals surface area (Å²) < 4.78 is 0. The van der Waals surface area contributed by atoms with Crippen molar-refractivity contribution in [3.63, 3.8) is 0 Å². The fraction of sp³-hybridized carbons (Fsp3) is 0.500. The van der Waals surface area contributed by atoms with E-state index in [1.807, 2.05) is 13.8 Å². The quantitative estimate of drug-likeness (QED) is 0.616. The summed E-state index contributed by atoms with van der Waals surface area (Å²) in [4.78, 5) is 22.6. The standard InChI is InChI=1S/C14H20N2O4/c1-10-5-4-6-11(12(10)16(19)20)13(18)15-9-14(2,3)7-8-17/h4-6,17H,7-9H2,1-3H3,(H,15,18).